The van der Waals surface area contributed by atoms with Gasteiger partial charge in [0.15, 0.2) is 0 Å². The van der Waals surface area contributed by atoms with Crippen molar-refractivity contribution < 1.29 is 19.7 Å². The van der Waals surface area contributed by atoms with Crippen molar-refractivity contribution in [3.8, 4) is 0 Å². The molecule has 0 radical (unpaired) electrons. The van der Waals surface area contributed by atoms with E-state index in [0.717, 1.165) is 43.1 Å². The van der Waals surface area contributed by atoms with Gasteiger partial charge in [-0.1, -0.05) is 38.2 Å². The molecule has 0 aromatic rings. The number of carboxylic acids is 1. The lowest BCUT2D eigenvalue weighted by Gasteiger charge is -2.34. The van der Waals surface area contributed by atoms with E-state index in [1.165, 1.54) is 38.5 Å². The third kappa shape index (κ3) is 4.36. The Labute approximate surface area is 138 Å². The summed E-state index contributed by atoms with van der Waals surface area (Å²) in [7, 11) is 0. The van der Waals surface area contributed by atoms with Crippen LogP contribution in [0, 0.1) is 11.8 Å². The van der Waals surface area contributed by atoms with Crippen LogP contribution in [0.25, 0.3) is 0 Å². The summed E-state index contributed by atoms with van der Waals surface area (Å²) in [6.45, 7) is 0. The van der Waals surface area contributed by atoms with Crippen LogP contribution in [-0.4, -0.2) is 34.5 Å². The maximum Gasteiger partial charge on any atom is 0.305 e. The van der Waals surface area contributed by atoms with Gasteiger partial charge in [0.2, 0.25) is 0 Å². The quantitative estimate of drug-likeness (QED) is 0.758. The van der Waals surface area contributed by atoms with Gasteiger partial charge >= 0.3 is 5.97 Å². The Balaban J connectivity index is 1.50. The summed E-state index contributed by atoms with van der Waals surface area (Å²) in [6.07, 6.45) is 13.1. The topological polar surface area (TPSA) is 66.8 Å². The largest absolute Gasteiger partial charge is 0.481 e. The zero-order valence-corrected chi connectivity index (χ0v) is 14.0. The Hall–Kier alpha value is -0.870. The highest BCUT2D eigenvalue weighted by molar-refractivity contribution is 5.67. The van der Waals surface area contributed by atoms with E-state index in [2.05, 4.69) is 6.08 Å². The maximum atomic E-state index is 10.8. The van der Waals surface area contributed by atoms with Crippen molar-refractivity contribution in [1.82, 2.24) is 0 Å². The molecule has 1 aliphatic heterocycles. The first kappa shape index (κ1) is 17.0. The fourth-order valence-corrected chi connectivity index (χ4v) is 4.73. The van der Waals surface area contributed by atoms with Crippen LogP contribution < -0.4 is 0 Å². The van der Waals surface area contributed by atoms with E-state index >= 15 is 0 Å². The van der Waals surface area contributed by atoms with Crippen molar-refractivity contribution in [3.05, 3.63) is 11.6 Å². The van der Waals surface area contributed by atoms with Crippen LogP contribution in [0.2, 0.25) is 0 Å². The van der Waals surface area contributed by atoms with Gasteiger partial charge in [0, 0.05) is 0 Å². The van der Waals surface area contributed by atoms with E-state index in [1.54, 1.807) is 0 Å². The molecule has 1 saturated carbocycles. The number of carboxylic acid groups (broad SMARTS) is 1. The number of aliphatic hydroxyl groups excluding tert-OH is 1. The highest BCUT2D eigenvalue weighted by Crippen LogP contribution is 2.39. The molecule has 2 fully saturated rings. The van der Waals surface area contributed by atoms with Crippen molar-refractivity contribution in [2.24, 2.45) is 11.8 Å². The predicted octanol–water partition coefficient (Wildman–Crippen LogP) is 3.68. The molecular weight excluding hydrogens is 292 g/mol. The number of hydrogen-bond acceptors (Lipinski definition) is 3. The predicted molar refractivity (Wildman–Crippen MR) is 88.2 cm³/mol. The molecule has 3 aliphatic rings. The lowest BCUT2D eigenvalue weighted by molar-refractivity contribution is -0.140. The van der Waals surface area contributed by atoms with Crippen molar-refractivity contribution in [2.75, 3.05) is 0 Å². The van der Waals surface area contributed by atoms with Crippen LogP contribution in [0.3, 0.4) is 0 Å². The van der Waals surface area contributed by atoms with Crippen LogP contribution in [-0.2, 0) is 9.53 Å². The molecule has 4 unspecified atom stereocenters. The lowest BCUT2D eigenvalue weighted by Crippen LogP contribution is -2.31. The summed E-state index contributed by atoms with van der Waals surface area (Å²) < 4.78 is 5.76. The Morgan fingerprint density at radius 3 is 2.57 bits per heavy atom. The molecule has 3 rings (SSSR count). The van der Waals surface area contributed by atoms with Crippen LogP contribution in [0.15, 0.2) is 11.6 Å². The number of rotatable bonds is 5. The fourth-order valence-electron chi connectivity index (χ4n) is 4.73. The van der Waals surface area contributed by atoms with Crippen molar-refractivity contribution in [3.63, 3.8) is 0 Å². The van der Waals surface area contributed by atoms with Gasteiger partial charge in [-0.15, -0.1) is 0 Å². The molecule has 0 aromatic heterocycles. The molecule has 1 saturated heterocycles. The molecule has 0 spiro atoms. The number of hydrogen-bond donors (Lipinski definition) is 2. The van der Waals surface area contributed by atoms with Gasteiger partial charge in [0.25, 0.3) is 0 Å². The third-order valence-corrected chi connectivity index (χ3v) is 6.08. The van der Waals surface area contributed by atoms with Crippen molar-refractivity contribution in [1.29, 1.82) is 0 Å². The monoisotopic (exact) mass is 322 g/mol. The molecule has 0 bridgehead atoms. The second-order valence-corrected chi connectivity index (χ2v) is 7.63. The summed E-state index contributed by atoms with van der Waals surface area (Å²) in [5, 5.41) is 19.4. The van der Waals surface area contributed by atoms with Gasteiger partial charge in [-0.25, -0.2) is 0 Å². The van der Waals surface area contributed by atoms with Crippen LogP contribution in [0.4, 0.5) is 0 Å². The Morgan fingerprint density at radius 2 is 1.91 bits per heavy atom. The Bertz CT molecular complexity index is 439. The third-order valence-electron chi connectivity index (χ3n) is 6.08. The summed E-state index contributed by atoms with van der Waals surface area (Å²) in [4.78, 5) is 10.8. The smallest absolute Gasteiger partial charge is 0.305 e. The molecule has 2 N–H and O–H groups in total. The van der Waals surface area contributed by atoms with E-state index in [1.807, 2.05) is 0 Å². The van der Waals surface area contributed by atoms with E-state index in [9.17, 15) is 9.90 Å². The first-order chi connectivity index (χ1) is 11.1. The van der Waals surface area contributed by atoms with Gasteiger partial charge in [0.05, 0.1) is 18.6 Å². The standard InChI is InChI=1S/C19H30O4/c20-18(21)12-16-10-11-17(23-16)19(22)15-8-6-14(7-9-15)13-4-2-1-3-5-13/h8,13-14,16-17,19,22H,1-7,9-12H2,(H,20,21). The molecule has 0 aromatic carbocycles. The van der Waals surface area contributed by atoms with Crippen LogP contribution in [0.5, 0.6) is 0 Å². The summed E-state index contributed by atoms with van der Waals surface area (Å²) in [6, 6.07) is 0. The van der Waals surface area contributed by atoms with Gasteiger partial charge < -0.3 is 14.9 Å². The molecule has 4 atom stereocenters. The Morgan fingerprint density at radius 1 is 1.13 bits per heavy atom. The number of allylic oxidation sites excluding steroid dienone is 1. The molecule has 4 nitrogen and oxygen atoms in total. The molecule has 23 heavy (non-hydrogen) atoms. The van der Waals surface area contributed by atoms with Crippen LogP contribution in [0.1, 0.15) is 70.6 Å². The summed E-state index contributed by atoms with van der Waals surface area (Å²) >= 11 is 0. The van der Waals surface area contributed by atoms with E-state index in [4.69, 9.17) is 9.84 Å². The highest BCUT2D eigenvalue weighted by atomic mass is 16.5. The molecule has 4 heteroatoms. The summed E-state index contributed by atoms with van der Waals surface area (Å²) in [5.41, 5.74) is 1.12. The average molecular weight is 322 g/mol. The first-order valence-corrected chi connectivity index (χ1v) is 9.37. The first-order valence-electron chi connectivity index (χ1n) is 9.37. The summed E-state index contributed by atoms with van der Waals surface area (Å²) in [5.74, 6) is 0.870. The molecule has 130 valence electrons. The minimum absolute atomic E-state index is 0.0476. The number of aliphatic hydroxyl groups is 1. The van der Waals surface area contributed by atoms with Gasteiger partial charge in [-0.3, -0.25) is 4.79 Å². The van der Waals surface area contributed by atoms with E-state index < -0.39 is 12.1 Å². The SMILES string of the molecule is O=C(O)CC1CCC(C(O)C2=CCC(C3CCCCC3)CC2)O1. The Kier molecular flexibility index (Phi) is 5.76. The van der Waals surface area contributed by atoms with Gasteiger partial charge in [-0.2, -0.15) is 0 Å². The average Bonchev–Trinajstić information content (AvgIpc) is 3.03. The number of ether oxygens (including phenoxy) is 1. The second-order valence-electron chi connectivity index (χ2n) is 7.63. The second kappa shape index (κ2) is 7.80. The molecule has 1 heterocycles. The zero-order valence-electron chi connectivity index (χ0n) is 14.0. The van der Waals surface area contributed by atoms with E-state index in [-0.39, 0.29) is 18.6 Å². The van der Waals surface area contributed by atoms with Crippen molar-refractivity contribution >= 4 is 5.97 Å². The minimum Gasteiger partial charge on any atom is -0.481 e. The van der Waals surface area contributed by atoms with Gasteiger partial charge in [-0.05, 0) is 49.5 Å². The molecule has 0 amide bonds. The van der Waals surface area contributed by atoms with Crippen molar-refractivity contribution in [2.45, 2.75) is 88.9 Å². The van der Waals surface area contributed by atoms with Crippen LogP contribution >= 0.6 is 0 Å². The molecular formula is C19H30O4. The molecule has 2 aliphatic carbocycles. The highest BCUT2D eigenvalue weighted by Gasteiger charge is 2.35. The van der Waals surface area contributed by atoms with E-state index in [0.29, 0.717) is 0 Å². The number of aliphatic carboxylic acids is 1. The van der Waals surface area contributed by atoms with Gasteiger partial charge in [0.1, 0.15) is 6.10 Å². The lowest BCUT2D eigenvalue weighted by atomic mass is 9.73. The minimum atomic E-state index is -0.822. The zero-order chi connectivity index (χ0) is 16.2. The normalized spacial score (nSPS) is 34.1. The number of carbonyl (C=O) groups is 1. The fraction of sp³-hybridized carbons (Fsp3) is 0.842. The maximum absolute atomic E-state index is 10.8.